The number of halogens is 1. The summed E-state index contributed by atoms with van der Waals surface area (Å²) in [7, 11) is 0. The van der Waals surface area contributed by atoms with Crippen LogP contribution in [0.4, 0.5) is 0 Å². The largest absolute Gasteiger partial charge is 0.0928 e. The Morgan fingerprint density at radius 2 is 1.41 bits per heavy atom. The second-order valence-electron chi connectivity index (χ2n) is 4.68. The van der Waals surface area contributed by atoms with Crippen molar-refractivity contribution in [1.29, 1.82) is 0 Å². The number of unbranched alkanes of at least 4 members (excludes halogenated alkanes) is 5. The Morgan fingerprint density at radius 1 is 0.824 bits per heavy atom. The van der Waals surface area contributed by atoms with Gasteiger partial charge >= 0.3 is 0 Å². The Balaban J connectivity index is 2.13. The topological polar surface area (TPSA) is 0 Å². The summed E-state index contributed by atoms with van der Waals surface area (Å²) in [5.74, 6) is 0. The van der Waals surface area contributed by atoms with Crippen molar-refractivity contribution in [2.45, 2.75) is 58.3 Å². The molecule has 0 heterocycles. The maximum absolute atomic E-state index is 3.48. The van der Waals surface area contributed by atoms with Crippen molar-refractivity contribution in [3.63, 3.8) is 0 Å². The summed E-state index contributed by atoms with van der Waals surface area (Å²) >= 11 is 3.48. The van der Waals surface area contributed by atoms with Crippen molar-refractivity contribution >= 4 is 15.9 Å². The zero-order chi connectivity index (χ0) is 12.3. The fraction of sp³-hybridized carbons (Fsp3) is 0.625. The molecular formula is C16H25Br. The zero-order valence-corrected chi connectivity index (χ0v) is 12.6. The maximum atomic E-state index is 3.48. The molecule has 0 fully saturated rings. The molecule has 0 spiro atoms. The minimum absolute atomic E-state index is 1.16. The van der Waals surface area contributed by atoms with Crippen LogP contribution >= 0.6 is 15.9 Å². The van der Waals surface area contributed by atoms with Gasteiger partial charge in [0.15, 0.2) is 0 Å². The monoisotopic (exact) mass is 296 g/mol. The van der Waals surface area contributed by atoms with E-state index in [9.17, 15) is 0 Å². The standard InChI is InChI=1S/C16H25Br/c1-2-15-11-8-9-13-16(15)12-7-5-3-4-6-10-14-17/h8-9,11,13H,2-7,10,12,14H2,1H3. The number of aryl methyl sites for hydroxylation is 2. The van der Waals surface area contributed by atoms with E-state index < -0.39 is 0 Å². The molecule has 0 unspecified atom stereocenters. The molecule has 1 aromatic carbocycles. The number of alkyl halides is 1. The molecule has 1 aromatic rings. The molecule has 0 amide bonds. The zero-order valence-electron chi connectivity index (χ0n) is 11.1. The average molecular weight is 297 g/mol. The summed E-state index contributed by atoms with van der Waals surface area (Å²) in [4.78, 5) is 0. The molecule has 0 atom stereocenters. The van der Waals surface area contributed by atoms with E-state index >= 15 is 0 Å². The molecule has 0 aliphatic carbocycles. The van der Waals surface area contributed by atoms with Gasteiger partial charge in [0.05, 0.1) is 0 Å². The first-order valence-corrected chi connectivity index (χ1v) is 8.13. The van der Waals surface area contributed by atoms with Crippen LogP contribution in [0.1, 0.15) is 56.6 Å². The van der Waals surface area contributed by atoms with E-state index in [0.717, 1.165) is 5.33 Å². The molecule has 0 N–H and O–H groups in total. The van der Waals surface area contributed by atoms with Gasteiger partial charge in [0.2, 0.25) is 0 Å². The van der Waals surface area contributed by atoms with Crippen molar-refractivity contribution in [2.24, 2.45) is 0 Å². The van der Waals surface area contributed by atoms with Crippen molar-refractivity contribution in [3.8, 4) is 0 Å². The normalized spacial score (nSPS) is 10.7. The van der Waals surface area contributed by atoms with E-state index in [1.165, 1.54) is 56.9 Å². The summed E-state index contributed by atoms with van der Waals surface area (Å²) in [6.07, 6.45) is 10.7. The lowest BCUT2D eigenvalue weighted by Gasteiger charge is -2.07. The number of rotatable bonds is 9. The van der Waals surface area contributed by atoms with Gasteiger partial charge in [-0.25, -0.2) is 0 Å². The summed E-state index contributed by atoms with van der Waals surface area (Å²) in [5, 5.41) is 1.16. The van der Waals surface area contributed by atoms with Gasteiger partial charge in [-0.1, -0.05) is 72.8 Å². The van der Waals surface area contributed by atoms with Crippen LogP contribution in [0, 0.1) is 0 Å². The van der Waals surface area contributed by atoms with Crippen LogP contribution in [-0.4, -0.2) is 5.33 Å². The second kappa shape index (κ2) is 9.70. The van der Waals surface area contributed by atoms with Gasteiger partial charge in [-0.05, 0) is 36.8 Å². The number of hydrogen-bond donors (Lipinski definition) is 0. The van der Waals surface area contributed by atoms with Crippen LogP contribution in [-0.2, 0) is 12.8 Å². The van der Waals surface area contributed by atoms with E-state index in [2.05, 4.69) is 47.1 Å². The van der Waals surface area contributed by atoms with Crippen LogP contribution in [0.2, 0.25) is 0 Å². The van der Waals surface area contributed by atoms with E-state index in [1.54, 1.807) is 5.56 Å². The number of hydrogen-bond acceptors (Lipinski definition) is 0. The fourth-order valence-corrected chi connectivity index (χ4v) is 2.66. The van der Waals surface area contributed by atoms with E-state index in [1.807, 2.05) is 0 Å². The van der Waals surface area contributed by atoms with E-state index in [-0.39, 0.29) is 0 Å². The molecule has 0 saturated carbocycles. The predicted octanol–water partition coefficient (Wildman–Crippen LogP) is 5.53. The predicted molar refractivity (Wildman–Crippen MR) is 81.0 cm³/mol. The first kappa shape index (κ1) is 14.8. The molecule has 1 rings (SSSR count). The van der Waals surface area contributed by atoms with Crippen LogP contribution < -0.4 is 0 Å². The van der Waals surface area contributed by atoms with Gasteiger partial charge in [-0.3, -0.25) is 0 Å². The Hall–Kier alpha value is -0.300. The Morgan fingerprint density at radius 3 is 2.06 bits per heavy atom. The third-order valence-corrected chi connectivity index (χ3v) is 3.89. The summed E-state index contributed by atoms with van der Waals surface area (Å²) in [6, 6.07) is 8.89. The summed E-state index contributed by atoms with van der Waals surface area (Å²) < 4.78 is 0. The third-order valence-electron chi connectivity index (χ3n) is 3.33. The molecule has 0 aromatic heterocycles. The van der Waals surface area contributed by atoms with Crippen molar-refractivity contribution in [2.75, 3.05) is 5.33 Å². The molecule has 17 heavy (non-hydrogen) atoms. The summed E-state index contributed by atoms with van der Waals surface area (Å²) in [5.41, 5.74) is 3.10. The first-order valence-electron chi connectivity index (χ1n) is 7.01. The molecule has 0 nitrogen and oxygen atoms in total. The lowest BCUT2D eigenvalue weighted by atomic mass is 9.99. The molecule has 96 valence electrons. The molecular weight excluding hydrogens is 272 g/mol. The van der Waals surface area contributed by atoms with E-state index in [4.69, 9.17) is 0 Å². The molecule has 1 heteroatoms. The average Bonchev–Trinajstić information content (AvgIpc) is 2.38. The smallest absolute Gasteiger partial charge is 0.00313 e. The highest BCUT2D eigenvalue weighted by Gasteiger charge is 1.99. The van der Waals surface area contributed by atoms with Gasteiger partial charge in [-0.2, -0.15) is 0 Å². The Bertz CT molecular complexity index is 293. The lowest BCUT2D eigenvalue weighted by Crippen LogP contribution is -1.92. The van der Waals surface area contributed by atoms with Gasteiger partial charge in [-0.15, -0.1) is 0 Å². The highest BCUT2D eigenvalue weighted by atomic mass is 79.9. The van der Waals surface area contributed by atoms with Crippen LogP contribution in [0.15, 0.2) is 24.3 Å². The van der Waals surface area contributed by atoms with E-state index in [0.29, 0.717) is 0 Å². The Kier molecular flexibility index (Phi) is 8.42. The molecule has 0 aliphatic rings. The molecule has 0 radical (unpaired) electrons. The SMILES string of the molecule is CCc1ccccc1CCCCCCCCBr. The quantitative estimate of drug-likeness (QED) is 0.415. The molecule has 0 aliphatic heterocycles. The van der Waals surface area contributed by atoms with Crippen molar-refractivity contribution < 1.29 is 0 Å². The van der Waals surface area contributed by atoms with Crippen molar-refractivity contribution in [1.82, 2.24) is 0 Å². The van der Waals surface area contributed by atoms with Crippen molar-refractivity contribution in [3.05, 3.63) is 35.4 Å². The van der Waals surface area contributed by atoms with Crippen LogP contribution in [0.25, 0.3) is 0 Å². The second-order valence-corrected chi connectivity index (χ2v) is 5.48. The minimum Gasteiger partial charge on any atom is -0.0928 e. The van der Waals surface area contributed by atoms with Gasteiger partial charge in [0, 0.05) is 5.33 Å². The summed E-state index contributed by atoms with van der Waals surface area (Å²) in [6.45, 7) is 2.25. The lowest BCUT2D eigenvalue weighted by molar-refractivity contribution is 0.609. The number of benzene rings is 1. The minimum atomic E-state index is 1.16. The Labute approximate surface area is 115 Å². The molecule has 0 bridgehead atoms. The highest BCUT2D eigenvalue weighted by molar-refractivity contribution is 9.09. The van der Waals surface area contributed by atoms with Crippen LogP contribution in [0.5, 0.6) is 0 Å². The highest BCUT2D eigenvalue weighted by Crippen LogP contribution is 2.14. The van der Waals surface area contributed by atoms with Gasteiger partial charge in [0.1, 0.15) is 0 Å². The molecule has 0 saturated heterocycles. The third kappa shape index (κ3) is 6.26. The van der Waals surface area contributed by atoms with Gasteiger partial charge in [0.25, 0.3) is 0 Å². The first-order chi connectivity index (χ1) is 8.38. The van der Waals surface area contributed by atoms with Gasteiger partial charge < -0.3 is 0 Å². The van der Waals surface area contributed by atoms with Crippen LogP contribution in [0.3, 0.4) is 0 Å². The maximum Gasteiger partial charge on any atom is 0.00313 e. The fourth-order valence-electron chi connectivity index (χ4n) is 2.26.